The number of sulfonamides is 1. The Morgan fingerprint density at radius 3 is 2.27 bits per heavy atom. The Hall–Kier alpha value is -4.91. The van der Waals surface area contributed by atoms with E-state index in [-0.39, 0.29) is 27.2 Å². The Balaban J connectivity index is 1.24. The average molecular weight is 522 g/mol. The van der Waals surface area contributed by atoms with E-state index in [0.717, 1.165) is 0 Å². The lowest BCUT2D eigenvalue weighted by atomic mass is 10.1. The molecule has 2 amide bonds. The standard InChI is InChI=1S/C24H19N5O7S/c30-22(26-28-24(32)21-17-3-1-2-4-18(17)23(31)27-25-21)14-5-7-15(8-6-14)29-37(33,34)16-9-10-19-20(13-16)36-12-11-35-19/h1-10,13,29H,11-12H2,(H,26,30)(H,27,31)(H,28,32). The van der Waals surface area contributed by atoms with Crippen LogP contribution in [0.4, 0.5) is 5.69 Å². The van der Waals surface area contributed by atoms with Gasteiger partial charge < -0.3 is 9.47 Å². The van der Waals surface area contributed by atoms with Crippen molar-refractivity contribution in [3.05, 3.63) is 88.3 Å². The van der Waals surface area contributed by atoms with Gasteiger partial charge in [0.1, 0.15) is 13.2 Å². The summed E-state index contributed by atoms with van der Waals surface area (Å²) in [4.78, 5) is 36.9. The van der Waals surface area contributed by atoms with Gasteiger partial charge in [-0.2, -0.15) is 5.10 Å². The minimum Gasteiger partial charge on any atom is -0.486 e. The first-order valence-electron chi connectivity index (χ1n) is 10.9. The maximum atomic E-state index is 12.8. The summed E-state index contributed by atoms with van der Waals surface area (Å²) < 4.78 is 38.8. The molecule has 0 bridgehead atoms. The lowest BCUT2D eigenvalue weighted by Gasteiger charge is -2.19. The maximum absolute atomic E-state index is 12.8. The highest BCUT2D eigenvalue weighted by Gasteiger charge is 2.20. The molecule has 3 aromatic carbocycles. The highest BCUT2D eigenvalue weighted by molar-refractivity contribution is 7.92. The number of nitrogens with one attached hydrogen (secondary N) is 4. The van der Waals surface area contributed by atoms with Crippen LogP contribution in [0.2, 0.25) is 0 Å². The number of hydrogen-bond donors (Lipinski definition) is 4. The smallest absolute Gasteiger partial charge is 0.290 e. The third kappa shape index (κ3) is 4.92. The fourth-order valence-electron chi connectivity index (χ4n) is 3.63. The molecule has 188 valence electrons. The van der Waals surface area contributed by atoms with Gasteiger partial charge in [0.2, 0.25) is 0 Å². The van der Waals surface area contributed by atoms with Gasteiger partial charge in [-0.3, -0.25) is 30.0 Å². The number of carbonyl (C=O) groups is 2. The van der Waals surface area contributed by atoms with Crippen molar-refractivity contribution >= 4 is 38.3 Å². The maximum Gasteiger partial charge on any atom is 0.290 e. The van der Waals surface area contributed by atoms with Gasteiger partial charge in [-0.1, -0.05) is 18.2 Å². The number of benzene rings is 3. The van der Waals surface area contributed by atoms with Gasteiger partial charge in [0.25, 0.3) is 27.4 Å². The van der Waals surface area contributed by atoms with Crippen molar-refractivity contribution in [2.75, 3.05) is 17.9 Å². The summed E-state index contributed by atoms with van der Waals surface area (Å²) >= 11 is 0. The first-order chi connectivity index (χ1) is 17.8. The molecule has 0 saturated heterocycles. The van der Waals surface area contributed by atoms with E-state index in [0.29, 0.717) is 30.1 Å². The summed E-state index contributed by atoms with van der Waals surface area (Å²) in [5, 5.41) is 6.62. The van der Waals surface area contributed by atoms with Crippen LogP contribution in [0.15, 0.2) is 76.4 Å². The molecule has 2 heterocycles. The molecule has 1 aromatic heterocycles. The Morgan fingerprint density at radius 1 is 0.838 bits per heavy atom. The Labute approximate surface area is 209 Å². The van der Waals surface area contributed by atoms with Crippen molar-refractivity contribution in [3.63, 3.8) is 0 Å². The number of hydrogen-bond acceptors (Lipinski definition) is 8. The van der Waals surface area contributed by atoms with Crippen molar-refractivity contribution in [2.24, 2.45) is 0 Å². The van der Waals surface area contributed by atoms with E-state index in [1.54, 1.807) is 24.3 Å². The van der Waals surface area contributed by atoms with E-state index in [1.165, 1.54) is 42.5 Å². The molecule has 4 N–H and O–H groups in total. The Bertz CT molecular complexity index is 1680. The fourth-order valence-corrected chi connectivity index (χ4v) is 4.70. The number of ether oxygens (including phenoxy) is 2. The molecule has 4 aromatic rings. The van der Waals surface area contributed by atoms with Crippen LogP contribution in [0, 0.1) is 0 Å². The average Bonchev–Trinajstić information content (AvgIpc) is 2.92. The zero-order valence-corrected chi connectivity index (χ0v) is 19.8. The number of carbonyl (C=O) groups excluding carboxylic acids is 2. The number of hydrazine groups is 1. The first-order valence-corrected chi connectivity index (χ1v) is 12.4. The summed E-state index contributed by atoms with van der Waals surface area (Å²) in [5.74, 6) is -0.571. The second kappa shape index (κ2) is 9.62. The summed E-state index contributed by atoms with van der Waals surface area (Å²) in [6.45, 7) is 0.716. The van der Waals surface area contributed by atoms with Crippen LogP contribution in [0.25, 0.3) is 10.8 Å². The molecular formula is C24H19N5O7S. The van der Waals surface area contributed by atoms with E-state index in [1.807, 2.05) is 0 Å². The van der Waals surface area contributed by atoms with Crippen molar-refractivity contribution < 1.29 is 27.5 Å². The largest absolute Gasteiger partial charge is 0.486 e. The molecule has 1 aliphatic heterocycles. The van der Waals surface area contributed by atoms with Gasteiger partial charge in [-0.25, -0.2) is 13.5 Å². The Kier molecular flexibility index (Phi) is 6.19. The molecule has 37 heavy (non-hydrogen) atoms. The van der Waals surface area contributed by atoms with E-state index < -0.39 is 27.4 Å². The monoisotopic (exact) mass is 521 g/mol. The molecule has 13 heteroatoms. The van der Waals surface area contributed by atoms with E-state index >= 15 is 0 Å². The van der Waals surface area contributed by atoms with Crippen LogP contribution in [-0.4, -0.2) is 43.6 Å². The fraction of sp³-hybridized carbons (Fsp3) is 0.0833. The van der Waals surface area contributed by atoms with Crippen LogP contribution in [0.1, 0.15) is 20.8 Å². The molecule has 0 spiro atoms. The van der Waals surface area contributed by atoms with Gasteiger partial charge in [0.05, 0.1) is 10.3 Å². The lowest BCUT2D eigenvalue weighted by Crippen LogP contribution is -2.42. The number of aromatic amines is 1. The molecule has 1 aliphatic rings. The minimum absolute atomic E-state index is 0.00956. The van der Waals surface area contributed by atoms with E-state index in [4.69, 9.17) is 9.47 Å². The van der Waals surface area contributed by atoms with Gasteiger partial charge in [0, 0.05) is 22.7 Å². The third-order valence-electron chi connectivity index (χ3n) is 5.42. The molecule has 0 saturated carbocycles. The second-order valence-electron chi connectivity index (χ2n) is 7.84. The van der Waals surface area contributed by atoms with Crippen LogP contribution in [0.3, 0.4) is 0 Å². The summed E-state index contributed by atoms with van der Waals surface area (Å²) in [6, 6.07) is 16.3. The van der Waals surface area contributed by atoms with Crippen molar-refractivity contribution in [3.8, 4) is 11.5 Å². The first kappa shape index (κ1) is 23.8. The van der Waals surface area contributed by atoms with E-state index in [9.17, 15) is 22.8 Å². The number of nitrogens with zero attached hydrogens (tertiary/aromatic N) is 1. The summed E-state index contributed by atoms with van der Waals surface area (Å²) in [6.07, 6.45) is 0. The molecule has 0 fully saturated rings. The molecule has 0 atom stereocenters. The van der Waals surface area contributed by atoms with Crippen LogP contribution >= 0.6 is 0 Å². The molecule has 12 nitrogen and oxygen atoms in total. The molecule has 5 rings (SSSR count). The van der Waals surface area contributed by atoms with Crippen molar-refractivity contribution in [1.82, 2.24) is 21.0 Å². The normalized spacial score (nSPS) is 12.5. The molecule has 0 aliphatic carbocycles. The molecule has 0 radical (unpaired) electrons. The summed E-state index contributed by atoms with van der Waals surface area (Å²) in [5.41, 5.74) is 4.38. The SMILES string of the molecule is O=C(NNC(=O)c1n[nH]c(=O)c2ccccc12)c1ccc(NS(=O)(=O)c2ccc3c(c2)OCCO3)cc1. The molecule has 0 unspecified atom stereocenters. The van der Waals surface area contributed by atoms with Crippen LogP contribution < -0.4 is 30.6 Å². The van der Waals surface area contributed by atoms with E-state index in [2.05, 4.69) is 25.8 Å². The predicted octanol–water partition coefficient (Wildman–Crippen LogP) is 1.57. The lowest BCUT2D eigenvalue weighted by molar-refractivity contribution is 0.0844. The molecular weight excluding hydrogens is 502 g/mol. The highest BCUT2D eigenvalue weighted by Crippen LogP contribution is 2.32. The number of anilines is 1. The van der Waals surface area contributed by atoms with Crippen LogP contribution in [0.5, 0.6) is 11.5 Å². The number of aromatic nitrogens is 2. The predicted molar refractivity (Wildman–Crippen MR) is 132 cm³/mol. The van der Waals surface area contributed by atoms with Gasteiger partial charge in [0.15, 0.2) is 17.2 Å². The quantitative estimate of drug-likeness (QED) is 0.287. The van der Waals surface area contributed by atoms with Crippen molar-refractivity contribution in [1.29, 1.82) is 0 Å². The Morgan fingerprint density at radius 2 is 1.51 bits per heavy atom. The topological polar surface area (TPSA) is 169 Å². The summed E-state index contributed by atoms with van der Waals surface area (Å²) in [7, 11) is -3.93. The van der Waals surface area contributed by atoms with Crippen molar-refractivity contribution in [2.45, 2.75) is 4.90 Å². The zero-order valence-electron chi connectivity index (χ0n) is 19.0. The third-order valence-corrected chi connectivity index (χ3v) is 6.80. The minimum atomic E-state index is -3.93. The number of amides is 2. The highest BCUT2D eigenvalue weighted by atomic mass is 32.2. The number of H-pyrrole nitrogens is 1. The number of fused-ring (bicyclic) bond motifs is 2. The number of rotatable bonds is 5. The van der Waals surface area contributed by atoms with Gasteiger partial charge in [-0.15, -0.1) is 0 Å². The van der Waals surface area contributed by atoms with Gasteiger partial charge >= 0.3 is 0 Å². The second-order valence-corrected chi connectivity index (χ2v) is 9.53. The van der Waals surface area contributed by atoms with Crippen LogP contribution in [-0.2, 0) is 10.0 Å². The van der Waals surface area contributed by atoms with Gasteiger partial charge in [-0.05, 0) is 42.5 Å². The zero-order chi connectivity index (χ0) is 26.0.